The third-order valence-electron chi connectivity index (χ3n) is 4.04. The van der Waals surface area contributed by atoms with Crippen molar-refractivity contribution in [2.45, 2.75) is 45.6 Å². The molecule has 1 fully saturated rings. The maximum Gasteiger partial charge on any atom is 0.214 e. The predicted molar refractivity (Wildman–Crippen MR) is 84.5 cm³/mol. The van der Waals surface area contributed by atoms with Gasteiger partial charge < -0.3 is 10.2 Å². The van der Waals surface area contributed by atoms with Gasteiger partial charge in [-0.3, -0.25) is 0 Å². The number of likely N-dealkylation sites (N-methyl/N-ethyl adjacent to an activating group) is 1. The fourth-order valence-electron chi connectivity index (χ4n) is 2.58. The van der Waals surface area contributed by atoms with Crippen molar-refractivity contribution < 1.29 is 8.42 Å². The quantitative estimate of drug-likeness (QED) is 0.649. The highest BCUT2D eigenvalue weighted by molar-refractivity contribution is 7.89. The maximum atomic E-state index is 12.3. The van der Waals surface area contributed by atoms with Crippen molar-refractivity contribution in [2.75, 3.05) is 45.5 Å². The van der Waals surface area contributed by atoms with Gasteiger partial charge in [0.05, 0.1) is 5.75 Å². The third kappa shape index (κ3) is 5.68. The average molecular weight is 305 g/mol. The summed E-state index contributed by atoms with van der Waals surface area (Å²) >= 11 is 0. The van der Waals surface area contributed by atoms with E-state index in [0.717, 1.165) is 45.3 Å². The van der Waals surface area contributed by atoms with E-state index in [1.807, 2.05) is 0 Å². The first-order chi connectivity index (χ1) is 9.51. The number of nitrogens with one attached hydrogen (secondary N) is 1. The van der Waals surface area contributed by atoms with Crippen molar-refractivity contribution in [3.8, 4) is 0 Å². The molecule has 120 valence electrons. The van der Waals surface area contributed by atoms with E-state index < -0.39 is 10.0 Å². The molecule has 1 heterocycles. The molecule has 0 radical (unpaired) electrons. The minimum atomic E-state index is -3.06. The number of sulfonamides is 1. The summed E-state index contributed by atoms with van der Waals surface area (Å²) in [5.74, 6) is 0.293. The van der Waals surface area contributed by atoms with E-state index >= 15 is 0 Å². The molecular formula is C14H31N3O2S. The Balaban J connectivity index is 2.33. The summed E-state index contributed by atoms with van der Waals surface area (Å²) in [4.78, 5) is 2.26. The number of piperazine rings is 1. The Morgan fingerprint density at radius 3 is 2.55 bits per heavy atom. The van der Waals surface area contributed by atoms with Gasteiger partial charge in [-0.05, 0) is 45.8 Å². The smallest absolute Gasteiger partial charge is 0.214 e. The van der Waals surface area contributed by atoms with Crippen molar-refractivity contribution in [2.24, 2.45) is 0 Å². The molecule has 0 aromatic rings. The zero-order valence-corrected chi connectivity index (χ0v) is 14.1. The van der Waals surface area contributed by atoms with Crippen LogP contribution in [0.5, 0.6) is 0 Å². The van der Waals surface area contributed by atoms with Gasteiger partial charge in [-0.2, -0.15) is 4.31 Å². The highest BCUT2D eigenvalue weighted by Gasteiger charge is 2.30. The van der Waals surface area contributed by atoms with Gasteiger partial charge in [-0.15, -0.1) is 0 Å². The summed E-state index contributed by atoms with van der Waals surface area (Å²) < 4.78 is 26.4. The Morgan fingerprint density at radius 2 is 1.90 bits per heavy atom. The molecule has 0 bridgehead atoms. The lowest BCUT2D eigenvalue weighted by molar-refractivity contribution is 0.144. The summed E-state index contributed by atoms with van der Waals surface area (Å²) in [6.07, 6.45) is 3.81. The van der Waals surface area contributed by atoms with Crippen LogP contribution in [-0.4, -0.2) is 69.2 Å². The second kappa shape index (κ2) is 8.97. The normalized spacial score (nSPS) is 22.2. The number of nitrogens with zero attached hydrogens (tertiary/aromatic N) is 2. The van der Waals surface area contributed by atoms with E-state index in [1.165, 1.54) is 0 Å². The first kappa shape index (κ1) is 17.9. The molecule has 1 atom stereocenters. The molecule has 0 aliphatic carbocycles. The van der Waals surface area contributed by atoms with Crippen LogP contribution in [0.4, 0.5) is 0 Å². The van der Waals surface area contributed by atoms with E-state index in [1.54, 1.807) is 4.31 Å². The van der Waals surface area contributed by atoms with Crippen LogP contribution < -0.4 is 5.32 Å². The van der Waals surface area contributed by atoms with E-state index in [4.69, 9.17) is 0 Å². The Morgan fingerprint density at radius 1 is 1.15 bits per heavy atom. The van der Waals surface area contributed by atoms with Gasteiger partial charge in [-0.1, -0.05) is 13.8 Å². The van der Waals surface area contributed by atoms with Crippen molar-refractivity contribution >= 4 is 10.0 Å². The zero-order chi connectivity index (χ0) is 15.0. The number of hydrogen-bond acceptors (Lipinski definition) is 4. The molecular weight excluding hydrogens is 274 g/mol. The lowest BCUT2D eigenvalue weighted by Gasteiger charge is -2.38. The topological polar surface area (TPSA) is 52.7 Å². The summed E-state index contributed by atoms with van der Waals surface area (Å²) in [6, 6.07) is 0.366. The molecule has 1 unspecified atom stereocenters. The monoisotopic (exact) mass is 305 g/mol. The second-order valence-electron chi connectivity index (χ2n) is 5.67. The maximum absolute atomic E-state index is 12.3. The summed E-state index contributed by atoms with van der Waals surface area (Å²) in [5.41, 5.74) is 0. The van der Waals surface area contributed by atoms with Crippen molar-refractivity contribution in [3.05, 3.63) is 0 Å². The first-order valence-corrected chi connectivity index (χ1v) is 9.51. The fourth-order valence-corrected chi connectivity index (χ4v) is 4.16. The molecule has 20 heavy (non-hydrogen) atoms. The number of rotatable bonds is 9. The molecule has 1 aliphatic rings. The van der Waals surface area contributed by atoms with Crippen molar-refractivity contribution in [1.29, 1.82) is 0 Å². The molecule has 5 nitrogen and oxygen atoms in total. The van der Waals surface area contributed by atoms with E-state index in [0.29, 0.717) is 24.9 Å². The van der Waals surface area contributed by atoms with Gasteiger partial charge in [-0.25, -0.2) is 8.42 Å². The Bertz CT molecular complexity index is 359. The minimum absolute atomic E-state index is 0.293. The number of unbranched alkanes of at least 4 members (excludes halogenated alkanes) is 1. The van der Waals surface area contributed by atoms with Crippen LogP contribution in [0.1, 0.15) is 39.5 Å². The lowest BCUT2D eigenvalue weighted by atomic mass is 10.1. The minimum Gasteiger partial charge on any atom is -0.317 e. The number of hydrogen-bond donors (Lipinski definition) is 1. The summed E-state index contributed by atoms with van der Waals surface area (Å²) in [6.45, 7) is 8.33. The molecule has 0 aromatic carbocycles. The van der Waals surface area contributed by atoms with Gasteiger partial charge >= 0.3 is 0 Å². The predicted octanol–water partition coefficient (Wildman–Crippen LogP) is 1.12. The Labute approximate surface area is 124 Å². The average Bonchev–Trinajstić information content (AvgIpc) is 2.43. The van der Waals surface area contributed by atoms with E-state index in [9.17, 15) is 8.42 Å². The molecule has 1 aliphatic heterocycles. The SMILES string of the molecule is CCCNCCCCS(=O)(=O)N1CCN(C)C(CC)C1. The molecule has 1 rings (SSSR count). The van der Waals surface area contributed by atoms with Gasteiger partial charge in [0.2, 0.25) is 10.0 Å². The Kier molecular flexibility index (Phi) is 8.02. The van der Waals surface area contributed by atoms with E-state index in [-0.39, 0.29) is 0 Å². The highest BCUT2D eigenvalue weighted by atomic mass is 32.2. The largest absolute Gasteiger partial charge is 0.317 e. The van der Waals surface area contributed by atoms with Crippen molar-refractivity contribution in [1.82, 2.24) is 14.5 Å². The van der Waals surface area contributed by atoms with Crippen LogP contribution in [-0.2, 0) is 10.0 Å². The van der Waals surface area contributed by atoms with Crippen LogP contribution in [0.25, 0.3) is 0 Å². The molecule has 1 saturated heterocycles. The van der Waals surface area contributed by atoms with Crippen LogP contribution >= 0.6 is 0 Å². The third-order valence-corrected chi connectivity index (χ3v) is 5.96. The lowest BCUT2D eigenvalue weighted by Crippen LogP contribution is -2.53. The molecule has 1 N–H and O–H groups in total. The zero-order valence-electron chi connectivity index (χ0n) is 13.3. The fraction of sp³-hybridized carbons (Fsp3) is 1.00. The van der Waals surface area contributed by atoms with Crippen molar-refractivity contribution in [3.63, 3.8) is 0 Å². The van der Waals surface area contributed by atoms with E-state index in [2.05, 4.69) is 31.1 Å². The molecule has 6 heteroatoms. The van der Waals surface area contributed by atoms with Crippen LogP contribution in [0.2, 0.25) is 0 Å². The van der Waals surface area contributed by atoms with Crippen LogP contribution in [0, 0.1) is 0 Å². The molecule has 0 aromatic heterocycles. The van der Waals surface area contributed by atoms with Crippen LogP contribution in [0.3, 0.4) is 0 Å². The first-order valence-electron chi connectivity index (χ1n) is 7.90. The molecule has 0 spiro atoms. The summed E-state index contributed by atoms with van der Waals surface area (Å²) in [5, 5.41) is 3.31. The van der Waals surface area contributed by atoms with Gasteiger partial charge in [0.1, 0.15) is 0 Å². The molecule has 0 amide bonds. The van der Waals surface area contributed by atoms with Gasteiger partial charge in [0, 0.05) is 25.7 Å². The van der Waals surface area contributed by atoms with Crippen LogP contribution in [0.15, 0.2) is 0 Å². The highest BCUT2D eigenvalue weighted by Crippen LogP contribution is 2.15. The standard InChI is InChI=1S/C14H31N3O2S/c1-4-8-15-9-6-7-12-20(18,19)17-11-10-16(3)14(5-2)13-17/h14-15H,4-13H2,1-3H3. The second-order valence-corrected chi connectivity index (χ2v) is 7.76. The van der Waals surface area contributed by atoms with Gasteiger partial charge in [0.15, 0.2) is 0 Å². The van der Waals surface area contributed by atoms with Gasteiger partial charge in [0.25, 0.3) is 0 Å². The molecule has 0 saturated carbocycles. The summed E-state index contributed by atoms with van der Waals surface area (Å²) in [7, 11) is -0.983. The Hall–Kier alpha value is -0.170.